The first-order chi connectivity index (χ1) is 24.5. The molecule has 3 N–H and O–H groups in total. The fraction of sp³-hybridized carbons (Fsp3) is 0.500. The first-order valence-corrected chi connectivity index (χ1v) is 18.2. The van der Waals surface area contributed by atoms with Crippen LogP contribution in [0, 0.1) is 19.3 Å². The minimum absolute atomic E-state index is 0.0152. The van der Waals surface area contributed by atoms with Gasteiger partial charge in [0.1, 0.15) is 11.4 Å². The number of carboxylic acid groups (broad SMARTS) is 1. The Morgan fingerprint density at radius 2 is 1.87 bits per heavy atom. The summed E-state index contributed by atoms with van der Waals surface area (Å²) in [7, 11) is 0. The van der Waals surface area contributed by atoms with E-state index in [1.54, 1.807) is 32.9 Å². The van der Waals surface area contributed by atoms with Crippen molar-refractivity contribution in [3.63, 3.8) is 0 Å². The zero-order chi connectivity index (χ0) is 37.6. The van der Waals surface area contributed by atoms with Crippen LogP contribution in [0.2, 0.25) is 0 Å². The van der Waals surface area contributed by atoms with Gasteiger partial charge < -0.3 is 29.6 Å². The number of nitrogens with zero attached hydrogens (tertiary/aromatic N) is 5. The number of rotatable bonds is 10. The Kier molecular flexibility index (Phi) is 10.5. The van der Waals surface area contributed by atoms with E-state index in [9.17, 15) is 32.7 Å². The predicted molar refractivity (Wildman–Crippen MR) is 186 cm³/mol. The Labute approximate surface area is 302 Å². The molecule has 0 aliphatic carbocycles. The molecule has 0 amide bonds. The van der Waals surface area contributed by atoms with Crippen LogP contribution in [0.3, 0.4) is 0 Å². The number of aromatic nitrogens is 4. The third kappa shape index (κ3) is 7.31. The number of carboxylic acids is 1. The number of carbonyl (C=O) groups is 1. The minimum Gasteiger partial charge on any atom is -0.593 e. The van der Waals surface area contributed by atoms with E-state index in [-0.39, 0.29) is 30.7 Å². The number of anilines is 1. The number of ether oxygens (including phenoxy) is 2. The lowest BCUT2D eigenvalue weighted by Gasteiger charge is -2.37. The van der Waals surface area contributed by atoms with Crippen LogP contribution in [0.15, 0.2) is 47.5 Å². The highest BCUT2D eigenvalue weighted by molar-refractivity contribution is 7.89. The lowest BCUT2D eigenvalue weighted by molar-refractivity contribution is -0.147. The molecule has 3 aromatic heterocycles. The smallest absolute Gasteiger partial charge is 0.452 e. The first kappa shape index (κ1) is 37.8. The van der Waals surface area contributed by atoms with Crippen molar-refractivity contribution < 1.29 is 42.2 Å². The van der Waals surface area contributed by atoms with Gasteiger partial charge in [0.05, 0.1) is 43.1 Å². The normalized spacial score (nSPS) is 19.2. The maximum absolute atomic E-state index is 14.4. The Hall–Kier alpha value is -3.96. The van der Waals surface area contributed by atoms with Crippen molar-refractivity contribution in [2.75, 3.05) is 31.7 Å². The monoisotopic (exact) mass is 744 g/mol. The lowest BCUT2D eigenvalue weighted by Crippen LogP contribution is -2.50. The number of aliphatic hydroxyl groups is 1. The summed E-state index contributed by atoms with van der Waals surface area (Å²) >= 11 is -1.70. The van der Waals surface area contributed by atoms with Crippen molar-refractivity contribution in [3.8, 4) is 5.88 Å². The van der Waals surface area contributed by atoms with Gasteiger partial charge in [0, 0.05) is 43.7 Å². The molecule has 2 aliphatic rings. The van der Waals surface area contributed by atoms with Gasteiger partial charge in [-0.15, -0.1) is 14.5 Å². The van der Waals surface area contributed by atoms with Crippen molar-refractivity contribution >= 4 is 28.8 Å². The molecule has 2 aliphatic heterocycles. The molecule has 1 aromatic carbocycles. The minimum atomic E-state index is -4.73. The number of aliphatic hydroxyl groups excluding tert-OH is 1. The second kappa shape index (κ2) is 14.5. The van der Waals surface area contributed by atoms with Crippen molar-refractivity contribution in [2.45, 2.75) is 89.1 Å². The molecule has 1 fully saturated rings. The van der Waals surface area contributed by atoms with Crippen LogP contribution in [0.5, 0.6) is 5.88 Å². The number of nitrogens with one attached hydrogen (secondary N) is 1. The summed E-state index contributed by atoms with van der Waals surface area (Å²) in [6, 6.07) is 10.5. The lowest BCUT2D eigenvalue weighted by atomic mass is 9.70. The number of fused-ring (bicyclic) bond motifs is 2. The maximum Gasteiger partial charge on any atom is 0.452 e. The molecule has 1 saturated heterocycles. The van der Waals surface area contributed by atoms with Gasteiger partial charge in [0.15, 0.2) is 5.65 Å². The Bertz CT molecular complexity index is 1950. The van der Waals surface area contributed by atoms with Gasteiger partial charge >= 0.3 is 12.1 Å². The summed E-state index contributed by atoms with van der Waals surface area (Å²) in [4.78, 5) is 17.9. The number of hydrogen-bond donors (Lipinski definition) is 3. The fourth-order valence-electron chi connectivity index (χ4n) is 7.05. The van der Waals surface area contributed by atoms with E-state index in [0.29, 0.717) is 66.4 Å². The van der Waals surface area contributed by atoms with Gasteiger partial charge in [0.25, 0.3) is 5.88 Å². The molecule has 3 atom stereocenters. The number of aryl methyl sites for hydroxylation is 2. The van der Waals surface area contributed by atoms with E-state index in [1.807, 2.05) is 36.4 Å². The average Bonchev–Trinajstić information content (AvgIpc) is 3.49. The van der Waals surface area contributed by atoms with E-state index >= 15 is 0 Å². The highest BCUT2D eigenvalue weighted by Gasteiger charge is 2.47. The van der Waals surface area contributed by atoms with Crippen LogP contribution in [-0.2, 0) is 33.6 Å². The maximum atomic E-state index is 14.4. The molecular formula is C36H43F3N6O6S. The summed E-state index contributed by atoms with van der Waals surface area (Å²) < 4.78 is 70.4. The second-order valence-electron chi connectivity index (χ2n) is 14.3. The third-order valence-electron chi connectivity index (χ3n) is 10.1. The third-order valence-corrected chi connectivity index (χ3v) is 11.6. The summed E-state index contributed by atoms with van der Waals surface area (Å²) in [6.07, 6.45) is -1.87. The van der Waals surface area contributed by atoms with Gasteiger partial charge in [-0.3, -0.25) is 9.20 Å². The molecule has 0 radical (unpaired) electrons. The van der Waals surface area contributed by atoms with Gasteiger partial charge in [-0.25, -0.2) is 0 Å². The summed E-state index contributed by atoms with van der Waals surface area (Å²) in [6.45, 7) is 10.1. The molecule has 2 unspecified atom stereocenters. The van der Waals surface area contributed by atoms with E-state index in [0.717, 1.165) is 15.5 Å². The highest BCUT2D eigenvalue weighted by Crippen LogP contribution is 2.45. The van der Waals surface area contributed by atoms with E-state index in [4.69, 9.17) is 14.5 Å². The van der Waals surface area contributed by atoms with Crippen LogP contribution in [0.25, 0.3) is 5.65 Å². The quantitative estimate of drug-likeness (QED) is 0.172. The van der Waals surface area contributed by atoms with Crippen molar-refractivity contribution in [1.82, 2.24) is 23.9 Å². The molecule has 52 heavy (non-hydrogen) atoms. The van der Waals surface area contributed by atoms with Crippen LogP contribution in [-0.4, -0.2) is 82.6 Å². The molecule has 0 saturated carbocycles. The number of aliphatic carboxylic acids is 1. The van der Waals surface area contributed by atoms with Crippen LogP contribution < -0.4 is 10.1 Å². The summed E-state index contributed by atoms with van der Waals surface area (Å²) in [5, 5.41) is 30.3. The molecular weight excluding hydrogens is 701 g/mol. The van der Waals surface area contributed by atoms with E-state index < -0.39 is 46.3 Å². The van der Waals surface area contributed by atoms with E-state index in [2.05, 4.69) is 15.5 Å². The zero-order valence-electron chi connectivity index (χ0n) is 29.7. The van der Waals surface area contributed by atoms with Gasteiger partial charge in [-0.1, -0.05) is 18.2 Å². The van der Waals surface area contributed by atoms with Crippen molar-refractivity contribution in [3.05, 3.63) is 76.2 Å². The van der Waals surface area contributed by atoms with Crippen LogP contribution >= 0.6 is 0 Å². The number of pyridine rings is 2. The topological polar surface area (TPSA) is 157 Å². The predicted octanol–water partition coefficient (Wildman–Crippen LogP) is 5.65. The van der Waals surface area contributed by atoms with Gasteiger partial charge in [-0.05, 0) is 81.0 Å². The number of benzene rings is 1. The second-order valence-corrected chi connectivity index (χ2v) is 15.7. The van der Waals surface area contributed by atoms with Crippen molar-refractivity contribution in [2.24, 2.45) is 5.41 Å². The molecule has 16 heteroatoms. The highest BCUT2D eigenvalue weighted by atomic mass is 32.2. The molecule has 12 nitrogen and oxygen atoms in total. The molecule has 1 spiro atoms. The molecule has 5 heterocycles. The SMILES string of the molecule is Cc1ccc(C(c2ccn3c(C(F)(F)F)nnc3c2C)C(C)(C)C(=O)O)cc1CN1CC2(CCOCC2)Oc2nc(N[C@H](C)CCO)ccc2[S+]1[O-]. The first-order valence-electron chi connectivity index (χ1n) is 17.1. The molecule has 0 bridgehead atoms. The zero-order valence-corrected chi connectivity index (χ0v) is 30.5. The fourth-order valence-corrected chi connectivity index (χ4v) is 8.36. The summed E-state index contributed by atoms with van der Waals surface area (Å²) in [5.41, 5.74) is 1.03. The Morgan fingerprint density at radius 1 is 1.13 bits per heavy atom. The van der Waals surface area contributed by atoms with E-state index in [1.165, 1.54) is 12.3 Å². The van der Waals surface area contributed by atoms with Gasteiger partial charge in [0.2, 0.25) is 10.7 Å². The summed E-state index contributed by atoms with van der Waals surface area (Å²) in [5.74, 6) is -2.25. The largest absolute Gasteiger partial charge is 0.593 e. The van der Waals surface area contributed by atoms with Crippen LogP contribution in [0.1, 0.15) is 79.6 Å². The molecule has 280 valence electrons. The van der Waals surface area contributed by atoms with Crippen LogP contribution in [0.4, 0.5) is 19.0 Å². The van der Waals surface area contributed by atoms with Crippen molar-refractivity contribution in [1.29, 1.82) is 0 Å². The molecule has 4 aromatic rings. The van der Waals surface area contributed by atoms with Gasteiger partial charge in [-0.2, -0.15) is 18.2 Å². The standard InChI is InChI=1S/C36H43F3N6O6S/c1-21-6-7-24(29(34(4,5)33(47)48)26-10-14-45-30(23(26)3)42-43-32(45)36(37,38)39)18-25(21)19-44-20-35(12-16-50-17-13-35)51-31-27(52(44)49)8-9-28(41-31)40-22(2)11-15-46/h6-10,14,18,22,29,46H,11-13,15-17,19-20H2,1-5H3,(H,40,41)(H,47,48)/t22-,29?,52?/m1/s1. The average molecular weight is 745 g/mol. The Balaban J connectivity index is 1.40. The molecule has 6 rings (SSSR count). The number of halogens is 3. The Morgan fingerprint density at radius 3 is 2.54 bits per heavy atom. The number of alkyl halides is 3. The number of hydrogen-bond acceptors (Lipinski definition) is 10.